The van der Waals surface area contributed by atoms with Gasteiger partial charge in [-0.15, -0.1) is 0 Å². The lowest BCUT2D eigenvalue weighted by molar-refractivity contribution is -0.136. The van der Waals surface area contributed by atoms with Crippen molar-refractivity contribution in [2.24, 2.45) is 0 Å². The van der Waals surface area contributed by atoms with E-state index in [-0.39, 0.29) is 6.03 Å². The quantitative estimate of drug-likeness (QED) is 0.655. The summed E-state index contributed by atoms with van der Waals surface area (Å²) in [4.78, 5) is 27.3. The minimum atomic E-state index is -0.609. The summed E-state index contributed by atoms with van der Waals surface area (Å²) in [7, 11) is 2.93. The average molecular weight is 409 g/mol. The summed E-state index contributed by atoms with van der Waals surface area (Å²) in [6, 6.07) is 16.4. The van der Waals surface area contributed by atoms with Gasteiger partial charge >= 0.3 is 12.0 Å². The van der Waals surface area contributed by atoms with Crippen LogP contribution in [0.2, 0.25) is 0 Å². The van der Waals surface area contributed by atoms with Crippen molar-refractivity contribution in [3.63, 3.8) is 0 Å². The maximum absolute atomic E-state index is 12.7. The maximum atomic E-state index is 12.7. The predicted octanol–water partition coefficient (Wildman–Crippen LogP) is 3.00. The van der Waals surface area contributed by atoms with Gasteiger partial charge in [0.15, 0.2) is 0 Å². The Balaban J connectivity index is 1.94. The summed E-state index contributed by atoms with van der Waals surface area (Å²) < 4.78 is 10.3. The molecule has 0 spiro atoms. The Kier molecular flexibility index (Phi) is 7.08. The molecule has 7 heteroatoms. The molecule has 2 aromatic rings. The molecular formula is C23H27N3O4. The monoisotopic (exact) mass is 409 g/mol. The van der Waals surface area contributed by atoms with Crippen LogP contribution in [0.1, 0.15) is 24.1 Å². The van der Waals surface area contributed by atoms with Crippen LogP contribution in [0.5, 0.6) is 5.75 Å². The van der Waals surface area contributed by atoms with Crippen LogP contribution in [-0.4, -0.2) is 44.2 Å². The van der Waals surface area contributed by atoms with Gasteiger partial charge in [0.2, 0.25) is 0 Å². The topological polar surface area (TPSA) is 79.9 Å². The number of likely N-dealkylation sites (N-methyl/N-ethyl adjacent to an activating group) is 1. The van der Waals surface area contributed by atoms with Crippen molar-refractivity contribution >= 4 is 12.0 Å². The number of methoxy groups -OCH3 is 2. The number of carbonyl (C=O) groups excluding carboxylic acids is 2. The molecule has 0 radical (unpaired) electrons. The first-order valence-corrected chi connectivity index (χ1v) is 9.84. The first-order chi connectivity index (χ1) is 14.5. The average Bonchev–Trinajstić information content (AvgIpc) is 2.78. The normalized spacial score (nSPS) is 16.1. The number of carbonyl (C=O) groups is 2. The Morgan fingerprint density at radius 1 is 1.03 bits per heavy atom. The predicted molar refractivity (Wildman–Crippen MR) is 114 cm³/mol. The second-order valence-corrected chi connectivity index (χ2v) is 6.98. The van der Waals surface area contributed by atoms with Crippen LogP contribution in [0.25, 0.3) is 0 Å². The number of urea groups is 1. The van der Waals surface area contributed by atoms with Crippen LogP contribution >= 0.6 is 0 Å². The van der Waals surface area contributed by atoms with Crippen molar-refractivity contribution in [2.45, 2.75) is 19.5 Å². The number of ether oxygens (including phenoxy) is 2. The molecule has 7 nitrogen and oxygen atoms in total. The molecule has 3 rings (SSSR count). The van der Waals surface area contributed by atoms with Crippen LogP contribution in [0.3, 0.4) is 0 Å². The number of nitrogens with zero attached hydrogens (tertiary/aromatic N) is 1. The Labute approximate surface area is 176 Å². The van der Waals surface area contributed by atoms with Crippen LogP contribution in [0.15, 0.2) is 65.9 Å². The van der Waals surface area contributed by atoms with Crippen LogP contribution < -0.4 is 15.4 Å². The Bertz CT molecular complexity index is 910. The van der Waals surface area contributed by atoms with Gasteiger partial charge in [-0.1, -0.05) is 49.4 Å². The summed E-state index contributed by atoms with van der Waals surface area (Å²) in [5, 5.41) is 5.66. The SMILES string of the molecule is CCN(CC1=C(C(=O)OC)C(c2ccc(OC)cc2)NC(=O)N1)Cc1ccccc1. The van der Waals surface area contributed by atoms with Crippen molar-refractivity contribution in [3.8, 4) is 5.75 Å². The lowest BCUT2D eigenvalue weighted by Gasteiger charge is -2.31. The second-order valence-electron chi connectivity index (χ2n) is 6.98. The molecular weight excluding hydrogens is 382 g/mol. The largest absolute Gasteiger partial charge is 0.497 e. The van der Waals surface area contributed by atoms with Crippen molar-refractivity contribution in [1.82, 2.24) is 15.5 Å². The summed E-state index contributed by atoms with van der Waals surface area (Å²) >= 11 is 0. The molecule has 2 aromatic carbocycles. The van der Waals surface area contributed by atoms with Crippen LogP contribution in [0, 0.1) is 0 Å². The number of nitrogens with one attached hydrogen (secondary N) is 2. The minimum absolute atomic E-state index is 0.353. The fraction of sp³-hybridized carbons (Fsp3) is 0.304. The van der Waals surface area contributed by atoms with E-state index >= 15 is 0 Å². The third-order valence-electron chi connectivity index (χ3n) is 5.09. The smallest absolute Gasteiger partial charge is 0.338 e. The van der Waals surface area contributed by atoms with Crippen molar-refractivity contribution in [1.29, 1.82) is 0 Å². The van der Waals surface area contributed by atoms with E-state index in [1.165, 1.54) is 7.11 Å². The van der Waals surface area contributed by atoms with Crippen LogP contribution in [-0.2, 0) is 16.1 Å². The van der Waals surface area contributed by atoms with E-state index in [9.17, 15) is 9.59 Å². The van der Waals surface area contributed by atoms with E-state index in [0.717, 1.165) is 17.7 Å². The third-order valence-corrected chi connectivity index (χ3v) is 5.09. The van der Waals surface area contributed by atoms with Crippen molar-refractivity contribution in [2.75, 3.05) is 27.3 Å². The second kappa shape index (κ2) is 9.93. The molecule has 0 bridgehead atoms. The Morgan fingerprint density at radius 2 is 1.73 bits per heavy atom. The molecule has 158 valence electrons. The van der Waals surface area contributed by atoms with Crippen LogP contribution in [0.4, 0.5) is 4.79 Å². The van der Waals surface area contributed by atoms with E-state index in [4.69, 9.17) is 9.47 Å². The van der Waals surface area contributed by atoms with E-state index in [2.05, 4.69) is 27.7 Å². The van der Waals surface area contributed by atoms with Gasteiger partial charge in [-0.3, -0.25) is 4.90 Å². The lowest BCUT2D eigenvalue weighted by atomic mass is 9.95. The number of esters is 1. The highest BCUT2D eigenvalue weighted by Crippen LogP contribution is 2.29. The fourth-order valence-electron chi connectivity index (χ4n) is 3.48. The molecule has 1 heterocycles. The van der Waals surface area contributed by atoms with Crippen molar-refractivity contribution < 1.29 is 19.1 Å². The number of benzene rings is 2. The summed E-state index contributed by atoms with van der Waals surface area (Å²) in [6.45, 7) is 3.91. The van der Waals surface area contributed by atoms with E-state index in [1.54, 1.807) is 19.2 Å². The van der Waals surface area contributed by atoms with Gasteiger partial charge in [0.05, 0.1) is 25.8 Å². The van der Waals surface area contributed by atoms with E-state index in [0.29, 0.717) is 30.1 Å². The number of rotatable bonds is 8. The molecule has 2 amide bonds. The highest BCUT2D eigenvalue weighted by molar-refractivity contribution is 5.95. The van der Waals surface area contributed by atoms with Gasteiger partial charge < -0.3 is 20.1 Å². The van der Waals surface area contributed by atoms with Gasteiger partial charge in [-0.05, 0) is 29.8 Å². The van der Waals surface area contributed by atoms with E-state index in [1.807, 2.05) is 37.3 Å². The molecule has 1 unspecified atom stereocenters. The molecule has 0 aromatic heterocycles. The van der Waals surface area contributed by atoms with E-state index < -0.39 is 12.0 Å². The molecule has 1 aliphatic heterocycles. The molecule has 0 saturated heterocycles. The van der Waals surface area contributed by atoms with Gasteiger partial charge in [-0.2, -0.15) is 0 Å². The summed E-state index contributed by atoms with van der Waals surface area (Å²) in [6.07, 6.45) is 0. The highest BCUT2D eigenvalue weighted by Gasteiger charge is 2.34. The minimum Gasteiger partial charge on any atom is -0.497 e. The molecule has 1 aliphatic rings. The standard InChI is InChI=1S/C23H27N3O4/c1-4-26(14-16-8-6-5-7-9-16)15-19-20(22(27)30-3)21(25-23(28)24-19)17-10-12-18(29-2)13-11-17/h5-13,21H,4,14-15H2,1-3H3,(H2,24,25,28). The first-order valence-electron chi connectivity index (χ1n) is 9.84. The number of hydrogen-bond donors (Lipinski definition) is 2. The molecule has 30 heavy (non-hydrogen) atoms. The molecule has 0 saturated carbocycles. The Morgan fingerprint density at radius 3 is 2.33 bits per heavy atom. The first kappa shape index (κ1) is 21.4. The van der Waals surface area contributed by atoms with Gasteiger partial charge in [-0.25, -0.2) is 9.59 Å². The molecule has 0 aliphatic carbocycles. The zero-order valence-electron chi connectivity index (χ0n) is 17.5. The number of hydrogen-bond acceptors (Lipinski definition) is 5. The molecule has 1 atom stereocenters. The molecule has 2 N–H and O–H groups in total. The Hall–Kier alpha value is -3.32. The fourth-order valence-corrected chi connectivity index (χ4v) is 3.48. The van der Waals surface area contributed by atoms with Crippen molar-refractivity contribution in [3.05, 3.63) is 77.0 Å². The summed E-state index contributed by atoms with van der Waals surface area (Å²) in [5.74, 6) is 0.219. The zero-order chi connectivity index (χ0) is 21.5. The van der Waals surface area contributed by atoms with Gasteiger partial charge in [0.25, 0.3) is 0 Å². The number of amides is 2. The third kappa shape index (κ3) is 4.99. The molecule has 0 fully saturated rings. The summed E-state index contributed by atoms with van der Waals surface area (Å²) in [5.41, 5.74) is 2.87. The van der Waals surface area contributed by atoms with Gasteiger partial charge in [0, 0.05) is 18.8 Å². The maximum Gasteiger partial charge on any atom is 0.338 e. The highest BCUT2D eigenvalue weighted by atomic mass is 16.5. The zero-order valence-corrected chi connectivity index (χ0v) is 17.5. The van der Waals surface area contributed by atoms with Gasteiger partial charge in [0.1, 0.15) is 5.75 Å². The lowest BCUT2D eigenvalue weighted by Crippen LogP contribution is -2.48.